The molecular weight excluding hydrogens is 299 g/mol. The first-order valence-electron chi connectivity index (χ1n) is 5.79. The lowest BCUT2D eigenvalue weighted by Gasteiger charge is -2.14. The fourth-order valence-electron chi connectivity index (χ4n) is 1.56. The summed E-state index contributed by atoms with van der Waals surface area (Å²) in [5.74, 6) is 6.48. The summed E-state index contributed by atoms with van der Waals surface area (Å²) in [6, 6.07) is 9.07. The van der Waals surface area contributed by atoms with Gasteiger partial charge in [-0.25, -0.2) is 5.84 Å². The molecule has 1 aromatic heterocycles. The van der Waals surface area contributed by atoms with E-state index in [1.165, 1.54) is 6.07 Å². The summed E-state index contributed by atoms with van der Waals surface area (Å²) in [6.45, 7) is 0. The standard InChI is InChI=1S/C13H14Cl2N4O/c1-19(2)8-4-3-5-9(6-8)20-13-11(15)7-10(14)12(17-13)18-16/h3-7H,16H2,1-2H3,(H,17,18). The summed E-state index contributed by atoms with van der Waals surface area (Å²) in [4.78, 5) is 6.09. The van der Waals surface area contributed by atoms with Crippen LogP contribution in [0.25, 0.3) is 0 Å². The van der Waals surface area contributed by atoms with Crippen molar-refractivity contribution in [3.05, 3.63) is 40.4 Å². The average Bonchev–Trinajstić information content (AvgIpc) is 2.42. The Bertz CT molecular complexity index is 619. The largest absolute Gasteiger partial charge is 0.437 e. The number of nitrogens with two attached hydrogens (primary N) is 1. The summed E-state index contributed by atoms with van der Waals surface area (Å²) < 4.78 is 5.67. The van der Waals surface area contributed by atoms with Gasteiger partial charge in [-0.1, -0.05) is 29.3 Å². The third-order valence-electron chi connectivity index (χ3n) is 2.58. The summed E-state index contributed by atoms with van der Waals surface area (Å²) in [5, 5.41) is 0.635. The van der Waals surface area contributed by atoms with Crippen LogP contribution >= 0.6 is 23.2 Å². The molecule has 0 bridgehead atoms. The minimum absolute atomic E-state index is 0.236. The number of benzene rings is 1. The zero-order valence-corrected chi connectivity index (χ0v) is 12.5. The van der Waals surface area contributed by atoms with E-state index >= 15 is 0 Å². The van der Waals surface area contributed by atoms with Crippen molar-refractivity contribution in [2.45, 2.75) is 0 Å². The van der Waals surface area contributed by atoms with E-state index in [0.29, 0.717) is 21.6 Å². The summed E-state index contributed by atoms with van der Waals surface area (Å²) in [7, 11) is 3.89. The van der Waals surface area contributed by atoms with Crippen molar-refractivity contribution in [1.29, 1.82) is 0 Å². The molecule has 106 valence electrons. The number of hydrogen-bond acceptors (Lipinski definition) is 5. The number of nitrogen functional groups attached to an aromatic ring is 1. The van der Waals surface area contributed by atoms with Crippen molar-refractivity contribution in [1.82, 2.24) is 4.98 Å². The number of ether oxygens (including phenoxy) is 1. The maximum absolute atomic E-state index is 6.06. The molecule has 0 aliphatic carbocycles. The molecule has 2 aromatic rings. The molecule has 7 heteroatoms. The van der Waals surface area contributed by atoms with Crippen molar-refractivity contribution < 1.29 is 4.74 Å². The van der Waals surface area contributed by atoms with E-state index in [1.54, 1.807) is 0 Å². The van der Waals surface area contributed by atoms with Crippen molar-refractivity contribution >= 4 is 34.7 Å². The number of halogens is 2. The van der Waals surface area contributed by atoms with E-state index in [4.69, 9.17) is 33.8 Å². The second-order valence-electron chi connectivity index (χ2n) is 4.24. The van der Waals surface area contributed by atoms with Gasteiger partial charge in [-0.05, 0) is 18.2 Å². The molecule has 0 unspecified atom stereocenters. The van der Waals surface area contributed by atoms with Gasteiger partial charge in [-0.3, -0.25) is 0 Å². The Morgan fingerprint density at radius 2 is 1.95 bits per heavy atom. The van der Waals surface area contributed by atoms with E-state index in [9.17, 15) is 0 Å². The molecular formula is C13H14Cl2N4O. The first-order chi connectivity index (χ1) is 9.51. The average molecular weight is 313 g/mol. The van der Waals surface area contributed by atoms with Crippen LogP contribution < -0.4 is 20.9 Å². The topological polar surface area (TPSA) is 63.4 Å². The maximum atomic E-state index is 6.06. The summed E-state index contributed by atoms with van der Waals surface area (Å²) in [5.41, 5.74) is 3.39. The number of rotatable bonds is 4. The molecule has 0 aliphatic heterocycles. The fraction of sp³-hybridized carbons (Fsp3) is 0.154. The van der Waals surface area contributed by atoms with Crippen molar-refractivity contribution in [3.8, 4) is 11.6 Å². The highest BCUT2D eigenvalue weighted by Gasteiger charge is 2.11. The number of anilines is 2. The van der Waals surface area contributed by atoms with Gasteiger partial charge in [0.25, 0.3) is 0 Å². The van der Waals surface area contributed by atoms with Crippen LogP contribution in [0, 0.1) is 0 Å². The molecule has 2 rings (SSSR count). The molecule has 0 radical (unpaired) electrons. The van der Waals surface area contributed by atoms with Gasteiger partial charge in [-0.15, -0.1) is 0 Å². The van der Waals surface area contributed by atoms with E-state index < -0.39 is 0 Å². The van der Waals surface area contributed by atoms with Crippen LogP contribution in [-0.4, -0.2) is 19.1 Å². The third-order valence-corrected chi connectivity index (χ3v) is 3.14. The highest BCUT2D eigenvalue weighted by Crippen LogP contribution is 2.33. The van der Waals surface area contributed by atoms with Gasteiger partial charge in [0.05, 0.1) is 5.02 Å². The number of aromatic nitrogens is 1. The van der Waals surface area contributed by atoms with Crippen LogP contribution in [0.2, 0.25) is 10.0 Å². The first kappa shape index (κ1) is 14.7. The fourth-order valence-corrected chi connectivity index (χ4v) is 2.01. The smallest absolute Gasteiger partial charge is 0.240 e. The van der Waals surface area contributed by atoms with E-state index in [1.807, 2.05) is 43.3 Å². The molecule has 0 saturated heterocycles. The number of pyridine rings is 1. The molecule has 0 amide bonds. The molecule has 0 fully saturated rings. The number of nitrogens with zero attached hydrogens (tertiary/aromatic N) is 2. The Morgan fingerprint density at radius 3 is 2.60 bits per heavy atom. The maximum Gasteiger partial charge on any atom is 0.240 e. The second-order valence-corrected chi connectivity index (χ2v) is 5.06. The summed E-state index contributed by atoms with van der Waals surface area (Å²) in [6.07, 6.45) is 0. The van der Waals surface area contributed by atoms with Gasteiger partial charge >= 0.3 is 0 Å². The van der Waals surface area contributed by atoms with Crippen LogP contribution in [0.5, 0.6) is 11.6 Å². The number of nitrogens with one attached hydrogen (secondary N) is 1. The lowest BCUT2D eigenvalue weighted by molar-refractivity contribution is 0.464. The monoisotopic (exact) mass is 312 g/mol. The minimum Gasteiger partial charge on any atom is -0.437 e. The zero-order chi connectivity index (χ0) is 14.7. The van der Waals surface area contributed by atoms with E-state index in [2.05, 4.69) is 10.4 Å². The number of hydrogen-bond donors (Lipinski definition) is 2. The normalized spacial score (nSPS) is 10.2. The zero-order valence-electron chi connectivity index (χ0n) is 11.0. The van der Waals surface area contributed by atoms with Crippen molar-refractivity contribution in [2.75, 3.05) is 24.4 Å². The van der Waals surface area contributed by atoms with Gasteiger partial charge in [-0.2, -0.15) is 4.98 Å². The van der Waals surface area contributed by atoms with E-state index in [-0.39, 0.29) is 5.88 Å². The molecule has 0 saturated carbocycles. The molecule has 1 aromatic carbocycles. The van der Waals surface area contributed by atoms with Crippen LogP contribution in [0.3, 0.4) is 0 Å². The Morgan fingerprint density at radius 1 is 1.20 bits per heavy atom. The SMILES string of the molecule is CN(C)c1cccc(Oc2nc(NN)c(Cl)cc2Cl)c1. The van der Waals surface area contributed by atoms with Crippen LogP contribution in [0.15, 0.2) is 30.3 Å². The van der Waals surface area contributed by atoms with Gasteiger partial charge in [0.2, 0.25) is 5.88 Å². The summed E-state index contributed by atoms with van der Waals surface area (Å²) >= 11 is 12.0. The molecule has 0 atom stereocenters. The molecule has 0 aliphatic rings. The Kier molecular flexibility index (Phi) is 4.54. The molecule has 20 heavy (non-hydrogen) atoms. The lowest BCUT2D eigenvalue weighted by Crippen LogP contribution is -2.10. The van der Waals surface area contributed by atoms with Crippen LogP contribution in [-0.2, 0) is 0 Å². The molecule has 3 N–H and O–H groups in total. The van der Waals surface area contributed by atoms with Crippen molar-refractivity contribution in [3.63, 3.8) is 0 Å². The van der Waals surface area contributed by atoms with Gasteiger partial charge in [0, 0.05) is 25.8 Å². The minimum atomic E-state index is 0.236. The molecule has 5 nitrogen and oxygen atoms in total. The highest BCUT2D eigenvalue weighted by molar-refractivity contribution is 6.36. The predicted molar refractivity (Wildman–Crippen MR) is 82.9 cm³/mol. The van der Waals surface area contributed by atoms with Crippen LogP contribution in [0.4, 0.5) is 11.5 Å². The highest BCUT2D eigenvalue weighted by atomic mass is 35.5. The Hall–Kier alpha value is -1.69. The van der Waals surface area contributed by atoms with E-state index in [0.717, 1.165) is 5.69 Å². The first-order valence-corrected chi connectivity index (χ1v) is 6.54. The lowest BCUT2D eigenvalue weighted by atomic mass is 10.3. The molecule has 1 heterocycles. The third kappa shape index (κ3) is 3.25. The number of hydrazine groups is 1. The van der Waals surface area contributed by atoms with Crippen LogP contribution in [0.1, 0.15) is 0 Å². The second kappa shape index (κ2) is 6.17. The predicted octanol–water partition coefficient (Wildman–Crippen LogP) is 3.53. The van der Waals surface area contributed by atoms with Gasteiger partial charge in [0.15, 0.2) is 5.82 Å². The van der Waals surface area contributed by atoms with Gasteiger partial charge < -0.3 is 15.1 Å². The van der Waals surface area contributed by atoms with Crippen molar-refractivity contribution in [2.24, 2.45) is 5.84 Å². The Balaban J connectivity index is 2.32. The molecule has 0 spiro atoms. The van der Waals surface area contributed by atoms with Gasteiger partial charge in [0.1, 0.15) is 10.8 Å². The quantitative estimate of drug-likeness (QED) is 0.668. The Labute approximate surface area is 127 Å².